The first-order valence-corrected chi connectivity index (χ1v) is 8.88. The number of hydrogen-bond donors (Lipinski definition) is 1. The number of aryl methyl sites for hydroxylation is 2. The molecular weight excluding hydrogens is 272 g/mol. The van der Waals surface area contributed by atoms with E-state index >= 15 is 0 Å². The first-order chi connectivity index (χ1) is 10.7. The number of piperazine rings is 1. The molecule has 2 aliphatic rings. The molecule has 0 radical (unpaired) electrons. The Hall–Kier alpha value is -1.06. The molecule has 1 heterocycles. The van der Waals surface area contributed by atoms with E-state index in [1.165, 1.54) is 49.0 Å². The highest BCUT2D eigenvalue weighted by atomic mass is 16.5. The van der Waals surface area contributed by atoms with Gasteiger partial charge in [0.1, 0.15) is 5.75 Å². The molecule has 3 heteroatoms. The number of nitrogens with zero attached hydrogens (tertiary/aromatic N) is 1. The average molecular weight is 302 g/mol. The normalized spacial score (nSPS) is 19.9. The Bertz CT molecular complexity index is 490. The molecule has 1 aliphatic carbocycles. The highest BCUT2D eigenvalue weighted by Gasteiger charge is 2.19. The summed E-state index contributed by atoms with van der Waals surface area (Å²) in [6, 6.07) is 4.59. The molecular formula is C19H30N2O. The highest BCUT2D eigenvalue weighted by Crippen LogP contribution is 2.29. The number of rotatable bonds is 6. The first kappa shape index (κ1) is 15.8. The third kappa shape index (κ3) is 4.02. The average Bonchev–Trinajstić information content (AvgIpc) is 2.48. The van der Waals surface area contributed by atoms with Crippen molar-refractivity contribution >= 4 is 0 Å². The lowest BCUT2D eigenvalue weighted by molar-refractivity contribution is 0.178. The minimum absolute atomic E-state index is 0.794. The molecule has 3 rings (SSSR count). The van der Waals surface area contributed by atoms with Crippen LogP contribution in [0.5, 0.6) is 5.75 Å². The third-order valence-electron chi connectivity index (χ3n) is 5.28. The Morgan fingerprint density at radius 3 is 2.55 bits per heavy atom. The van der Waals surface area contributed by atoms with Crippen LogP contribution >= 0.6 is 0 Å². The van der Waals surface area contributed by atoms with Gasteiger partial charge in [-0.2, -0.15) is 0 Å². The van der Waals surface area contributed by atoms with Crippen LogP contribution in [0.1, 0.15) is 36.0 Å². The van der Waals surface area contributed by atoms with Gasteiger partial charge in [0.2, 0.25) is 0 Å². The minimum Gasteiger partial charge on any atom is -0.493 e. The van der Waals surface area contributed by atoms with Gasteiger partial charge in [0.05, 0.1) is 6.61 Å². The predicted octanol–water partition coefficient (Wildman–Crippen LogP) is 2.93. The van der Waals surface area contributed by atoms with Gasteiger partial charge in [-0.3, -0.25) is 0 Å². The summed E-state index contributed by atoms with van der Waals surface area (Å²) >= 11 is 0. The Morgan fingerprint density at radius 2 is 1.86 bits per heavy atom. The van der Waals surface area contributed by atoms with E-state index in [0.717, 1.165) is 44.3 Å². The summed E-state index contributed by atoms with van der Waals surface area (Å²) < 4.78 is 6.19. The van der Waals surface area contributed by atoms with Gasteiger partial charge in [-0.05, 0) is 61.8 Å². The summed E-state index contributed by atoms with van der Waals surface area (Å²) in [5, 5.41) is 3.42. The summed E-state index contributed by atoms with van der Waals surface area (Å²) in [5.41, 5.74) is 4.11. The smallest absolute Gasteiger partial charge is 0.122 e. The summed E-state index contributed by atoms with van der Waals surface area (Å²) in [4.78, 5) is 2.56. The largest absolute Gasteiger partial charge is 0.493 e. The fourth-order valence-electron chi connectivity index (χ4n) is 3.26. The fourth-order valence-corrected chi connectivity index (χ4v) is 3.26. The van der Waals surface area contributed by atoms with Crippen LogP contribution in [-0.4, -0.2) is 44.2 Å². The van der Waals surface area contributed by atoms with Gasteiger partial charge in [-0.1, -0.05) is 12.5 Å². The summed E-state index contributed by atoms with van der Waals surface area (Å²) in [5.74, 6) is 1.92. The molecule has 0 spiro atoms. The molecule has 0 amide bonds. The van der Waals surface area contributed by atoms with Crippen molar-refractivity contribution in [1.82, 2.24) is 10.2 Å². The second kappa shape index (κ2) is 7.47. The van der Waals surface area contributed by atoms with Crippen LogP contribution in [0.3, 0.4) is 0 Å². The summed E-state index contributed by atoms with van der Waals surface area (Å²) in [6.07, 6.45) is 5.18. The van der Waals surface area contributed by atoms with E-state index in [2.05, 4.69) is 36.2 Å². The first-order valence-electron chi connectivity index (χ1n) is 8.88. The molecule has 2 fully saturated rings. The Balaban J connectivity index is 1.62. The zero-order chi connectivity index (χ0) is 15.4. The van der Waals surface area contributed by atoms with E-state index in [0.29, 0.717) is 0 Å². The van der Waals surface area contributed by atoms with Crippen LogP contribution in [0.2, 0.25) is 0 Å². The lowest BCUT2D eigenvalue weighted by Gasteiger charge is -2.28. The van der Waals surface area contributed by atoms with Gasteiger partial charge in [-0.15, -0.1) is 0 Å². The van der Waals surface area contributed by atoms with Crippen molar-refractivity contribution in [3.63, 3.8) is 0 Å². The molecule has 3 nitrogen and oxygen atoms in total. The molecule has 1 saturated heterocycles. The van der Waals surface area contributed by atoms with Crippen LogP contribution in [-0.2, 0) is 6.42 Å². The lowest BCUT2D eigenvalue weighted by Crippen LogP contribution is -2.44. The van der Waals surface area contributed by atoms with Gasteiger partial charge in [0, 0.05) is 32.7 Å². The fraction of sp³-hybridized carbons (Fsp3) is 0.684. The Labute approximate surface area is 135 Å². The van der Waals surface area contributed by atoms with E-state index in [9.17, 15) is 0 Å². The van der Waals surface area contributed by atoms with Gasteiger partial charge in [0.25, 0.3) is 0 Å². The van der Waals surface area contributed by atoms with Crippen molar-refractivity contribution in [1.29, 1.82) is 0 Å². The van der Waals surface area contributed by atoms with Crippen LogP contribution in [0.4, 0.5) is 0 Å². The molecule has 22 heavy (non-hydrogen) atoms. The van der Waals surface area contributed by atoms with E-state index in [4.69, 9.17) is 4.74 Å². The molecule has 0 unspecified atom stereocenters. The molecule has 1 N–H and O–H groups in total. The minimum atomic E-state index is 0.794. The molecule has 0 bridgehead atoms. The number of nitrogens with one attached hydrogen (secondary N) is 1. The molecule has 1 aromatic carbocycles. The molecule has 1 aliphatic heterocycles. The van der Waals surface area contributed by atoms with Gasteiger partial charge in [-0.25, -0.2) is 0 Å². The Morgan fingerprint density at radius 1 is 1.14 bits per heavy atom. The lowest BCUT2D eigenvalue weighted by atomic mass is 9.86. The maximum atomic E-state index is 6.19. The molecule has 122 valence electrons. The summed E-state index contributed by atoms with van der Waals surface area (Å²) in [7, 11) is 0. The van der Waals surface area contributed by atoms with E-state index in [1.807, 2.05) is 0 Å². The molecule has 1 aromatic rings. The Kier molecular flexibility index (Phi) is 5.37. The second-order valence-corrected chi connectivity index (χ2v) is 6.99. The van der Waals surface area contributed by atoms with Crippen LogP contribution in [0.15, 0.2) is 12.1 Å². The van der Waals surface area contributed by atoms with E-state index in [1.54, 1.807) is 0 Å². The predicted molar refractivity (Wildman–Crippen MR) is 91.8 cm³/mol. The van der Waals surface area contributed by atoms with Crippen LogP contribution in [0, 0.1) is 19.8 Å². The van der Waals surface area contributed by atoms with Crippen molar-refractivity contribution in [2.24, 2.45) is 5.92 Å². The van der Waals surface area contributed by atoms with Gasteiger partial charge in [0.15, 0.2) is 0 Å². The highest BCUT2D eigenvalue weighted by molar-refractivity contribution is 5.42. The number of benzene rings is 1. The zero-order valence-electron chi connectivity index (χ0n) is 14.2. The standard InChI is InChI=1S/C19H30N2O/c1-15-12-18(6-9-21-10-7-20-8-11-21)19(13-16(15)2)22-14-17-4-3-5-17/h12-13,17,20H,3-11,14H2,1-2H3. The maximum absolute atomic E-state index is 6.19. The molecule has 0 aromatic heterocycles. The van der Waals surface area contributed by atoms with Crippen LogP contribution in [0.25, 0.3) is 0 Å². The molecule has 0 atom stereocenters. The molecule has 1 saturated carbocycles. The quantitative estimate of drug-likeness (QED) is 0.874. The maximum Gasteiger partial charge on any atom is 0.122 e. The van der Waals surface area contributed by atoms with Crippen molar-refractivity contribution < 1.29 is 4.74 Å². The van der Waals surface area contributed by atoms with Gasteiger partial charge >= 0.3 is 0 Å². The summed E-state index contributed by atoms with van der Waals surface area (Å²) in [6.45, 7) is 11.0. The topological polar surface area (TPSA) is 24.5 Å². The second-order valence-electron chi connectivity index (χ2n) is 6.99. The van der Waals surface area contributed by atoms with Crippen molar-refractivity contribution in [3.05, 3.63) is 28.8 Å². The zero-order valence-corrected chi connectivity index (χ0v) is 14.2. The van der Waals surface area contributed by atoms with E-state index in [-0.39, 0.29) is 0 Å². The van der Waals surface area contributed by atoms with E-state index < -0.39 is 0 Å². The number of hydrogen-bond acceptors (Lipinski definition) is 3. The van der Waals surface area contributed by atoms with Crippen molar-refractivity contribution in [2.45, 2.75) is 39.5 Å². The monoisotopic (exact) mass is 302 g/mol. The van der Waals surface area contributed by atoms with Gasteiger partial charge < -0.3 is 15.0 Å². The van der Waals surface area contributed by atoms with Crippen molar-refractivity contribution in [3.8, 4) is 5.75 Å². The van der Waals surface area contributed by atoms with Crippen molar-refractivity contribution in [2.75, 3.05) is 39.3 Å². The number of ether oxygens (including phenoxy) is 1. The van der Waals surface area contributed by atoms with Crippen LogP contribution < -0.4 is 10.1 Å². The SMILES string of the molecule is Cc1cc(CCN2CCNCC2)c(OCC2CCC2)cc1C. The third-order valence-corrected chi connectivity index (χ3v) is 5.28.